The molecule has 1 aliphatic rings. The number of hydrogen-bond acceptors (Lipinski definition) is 4. The maximum Gasteiger partial charge on any atom is 0.258 e. The third-order valence-electron chi connectivity index (χ3n) is 5.30. The van der Waals surface area contributed by atoms with Gasteiger partial charge in [-0.2, -0.15) is 0 Å². The molecule has 2 aromatic carbocycles. The van der Waals surface area contributed by atoms with Crippen molar-refractivity contribution in [3.8, 4) is 5.75 Å². The number of ether oxygens (including phenoxy) is 1. The Morgan fingerprint density at radius 2 is 2.07 bits per heavy atom. The summed E-state index contributed by atoms with van der Waals surface area (Å²) in [5.74, 6) is 1.18. The Labute approximate surface area is 163 Å². The Morgan fingerprint density at radius 3 is 2.86 bits per heavy atom. The van der Waals surface area contributed by atoms with E-state index >= 15 is 0 Å². The second-order valence-electron chi connectivity index (χ2n) is 7.46. The summed E-state index contributed by atoms with van der Waals surface area (Å²) in [6.45, 7) is 5.76. The van der Waals surface area contributed by atoms with Crippen LogP contribution in [-0.4, -0.2) is 18.3 Å². The van der Waals surface area contributed by atoms with E-state index in [1.165, 1.54) is 0 Å². The normalized spacial score (nSPS) is 16.8. The molecule has 5 nitrogen and oxygen atoms in total. The zero-order chi connectivity index (χ0) is 19.8. The second kappa shape index (κ2) is 7.15. The molecule has 28 heavy (non-hydrogen) atoms. The number of hydrogen-bond donors (Lipinski definition) is 1. The summed E-state index contributed by atoms with van der Waals surface area (Å²) in [5, 5.41) is 3.88. The largest absolute Gasteiger partial charge is 0.483 e. The standard InChI is InChI=1S/C23H23NO4/c1-13-8-9-19(23-17(25)10-14(2)22(13)23)27-12-21(26)24-15(3)20-11-16-6-4-5-7-18(16)28-20/h4-9,11,14-15H,10,12H2,1-3H3,(H,24,26)/t14-,15-/m1/s1. The molecule has 1 heterocycles. The van der Waals surface area contributed by atoms with Gasteiger partial charge in [-0.05, 0) is 49.1 Å². The van der Waals surface area contributed by atoms with Crippen LogP contribution >= 0.6 is 0 Å². The zero-order valence-corrected chi connectivity index (χ0v) is 16.2. The average molecular weight is 377 g/mol. The van der Waals surface area contributed by atoms with Crippen molar-refractivity contribution in [2.24, 2.45) is 0 Å². The smallest absolute Gasteiger partial charge is 0.258 e. The maximum absolute atomic E-state index is 12.4. The van der Waals surface area contributed by atoms with Gasteiger partial charge in [0.1, 0.15) is 17.1 Å². The first kappa shape index (κ1) is 18.3. The molecule has 0 unspecified atom stereocenters. The Morgan fingerprint density at radius 1 is 1.29 bits per heavy atom. The molecule has 144 valence electrons. The van der Waals surface area contributed by atoms with Gasteiger partial charge in [0, 0.05) is 11.8 Å². The summed E-state index contributed by atoms with van der Waals surface area (Å²) in [6, 6.07) is 13.1. The summed E-state index contributed by atoms with van der Waals surface area (Å²) in [6.07, 6.45) is 0.492. The highest BCUT2D eigenvalue weighted by atomic mass is 16.5. The number of benzene rings is 2. The predicted molar refractivity (Wildman–Crippen MR) is 107 cm³/mol. The molecule has 0 fully saturated rings. The number of amides is 1. The van der Waals surface area contributed by atoms with E-state index in [4.69, 9.17) is 9.15 Å². The van der Waals surface area contributed by atoms with Gasteiger partial charge in [-0.25, -0.2) is 0 Å². The van der Waals surface area contributed by atoms with Gasteiger partial charge in [0.25, 0.3) is 5.91 Å². The summed E-state index contributed by atoms with van der Waals surface area (Å²) < 4.78 is 11.5. The molecule has 1 amide bonds. The van der Waals surface area contributed by atoms with Crippen molar-refractivity contribution < 1.29 is 18.7 Å². The fraction of sp³-hybridized carbons (Fsp3) is 0.304. The Kier molecular flexibility index (Phi) is 4.67. The van der Waals surface area contributed by atoms with Crippen molar-refractivity contribution in [1.29, 1.82) is 0 Å². The summed E-state index contributed by atoms with van der Waals surface area (Å²) >= 11 is 0. The molecule has 0 radical (unpaired) electrons. The van der Waals surface area contributed by atoms with Crippen molar-refractivity contribution in [2.45, 2.75) is 39.2 Å². The number of aryl methyl sites for hydroxylation is 1. The number of nitrogens with one attached hydrogen (secondary N) is 1. The highest BCUT2D eigenvalue weighted by Crippen LogP contribution is 2.40. The molecular formula is C23H23NO4. The number of furan rings is 1. The molecule has 1 aliphatic carbocycles. The number of ketones is 1. The summed E-state index contributed by atoms with van der Waals surface area (Å²) in [4.78, 5) is 24.7. The van der Waals surface area contributed by atoms with Crippen LogP contribution in [0.3, 0.4) is 0 Å². The van der Waals surface area contributed by atoms with Crippen LogP contribution in [0.2, 0.25) is 0 Å². The first-order valence-corrected chi connectivity index (χ1v) is 9.51. The lowest BCUT2D eigenvalue weighted by Crippen LogP contribution is -2.31. The number of fused-ring (bicyclic) bond motifs is 2. The molecule has 0 bridgehead atoms. The van der Waals surface area contributed by atoms with Gasteiger partial charge in [0.05, 0.1) is 11.6 Å². The van der Waals surface area contributed by atoms with E-state index in [-0.39, 0.29) is 30.3 Å². The van der Waals surface area contributed by atoms with Crippen molar-refractivity contribution in [3.05, 3.63) is 64.9 Å². The van der Waals surface area contributed by atoms with Gasteiger partial charge in [-0.3, -0.25) is 9.59 Å². The molecule has 0 aliphatic heterocycles. The highest BCUT2D eigenvalue weighted by molar-refractivity contribution is 6.04. The topological polar surface area (TPSA) is 68.5 Å². The molecule has 2 atom stereocenters. The van der Waals surface area contributed by atoms with Crippen LogP contribution in [0.5, 0.6) is 5.75 Å². The van der Waals surface area contributed by atoms with E-state index in [9.17, 15) is 9.59 Å². The van der Waals surface area contributed by atoms with E-state index in [2.05, 4.69) is 5.32 Å². The Balaban J connectivity index is 1.43. The van der Waals surface area contributed by atoms with Crippen molar-refractivity contribution in [2.75, 3.05) is 6.61 Å². The molecule has 1 N–H and O–H groups in total. The third-order valence-corrected chi connectivity index (χ3v) is 5.30. The fourth-order valence-corrected chi connectivity index (χ4v) is 3.94. The molecule has 5 heteroatoms. The highest BCUT2D eigenvalue weighted by Gasteiger charge is 2.31. The van der Waals surface area contributed by atoms with Gasteiger partial charge in [0.2, 0.25) is 0 Å². The van der Waals surface area contributed by atoms with Gasteiger partial charge in [0.15, 0.2) is 12.4 Å². The number of rotatable bonds is 5. The van der Waals surface area contributed by atoms with Crippen molar-refractivity contribution >= 4 is 22.7 Å². The minimum absolute atomic E-state index is 0.0808. The lowest BCUT2D eigenvalue weighted by Gasteiger charge is -2.15. The molecular weight excluding hydrogens is 354 g/mol. The van der Waals surface area contributed by atoms with Crippen molar-refractivity contribution in [3.63, 3.8) is 0 Å². The first-order chi connectivity index (χ1) is 13.4. The zero-order valence-electron chi connectivity index (χ0n) is 16.2. The Hall–Kier alpha value is -3.08. The molecule has 4 rings (SSSR count). The van der Waals surface area contributed by atoms with Crippen LogP contribution in [0.15, 0.2) is 46.9 Å². The second-order valence-corrected chi connectivity index (χ2v) is 7.46. The molecule has 0 spiro atoms. The monoisotopic (exact) mass is 377 g/mol. The van der Waals surface area contributed by atoms with Crippen LogP contribution in [-0.2, 0) is 4.79 Å². The molecule has 0 saturated heterocycles. The van der Waals surface area contributed by atoms with Crippen LogP contribution in [0.25, 0.3) is 11.0 Å². The van der Waals surface area contributed by atoms with Gasteiger partial charge >= 0.3 is 0 Å². The lowest BCUT2D eigenvalue weighted by atomic mass is 9.97. The van der Waals surface area contributed by atoms with Gasteiger partial charge in [-0.15, -0.1) is 0 Å². The third kappa shape index (κ3) is 3.28. The quantitative estimate of drug-likeness (QED) is 0.700. The minimum atomic E-state index is -0.283. The van der Waals surface area contributed by atoms with Crippen LogP contribution < -0.4 is 10.1 Å². The average Bonchev–Trinajstić information content (AvgIpc) is 3.23. The number of carbonyl (C=O) groups is 2. The predicted octanol–water partition coefficient (Wildman–Crippen LogP) is 4.69. The van der Waals surface area contributed by atoms with E-state index in [0.29, 0.717) is 23.5 Å². The van der Waals surface area contributed by atoms with E-state index in [0.717, 1.165) is 22.1 Å². The minimum Gasteiger partial charge on any atom is -0.483 e. The maximum atomic E-state index is 12.4. The summed E-state index contributed by atoms with van der Waals surface area (Å²) in [5.41, 5.74) is 3.55. The first-order valence-electron chi connectivity index (χ1n) is 9.51. The summed E-state index contributed by atoms with van der Waals surface area (Å²) in [7, 11) is 0. The molecule has 1 aromatic heterocycles. The fourth-order valence-electron chi connectivity index (χ4n) is 3.94. The number of carbonyl (C=O) groups excluding carboxylic acids is 2. The van der Waals surface area contributed by atoms with Crippen LogP contribution in [0.4, 0.5) is 0 Å². The Bertz CT molecular complexity index is 1030. The van der Waals surface area contributed by atoms with Gasteiger partial charge in [-0.1, -0.05) is 31.2 Å². The van der Waals surface area contributed by atoms with Crippen molar-refractivity contribution in [1.82, 2.24) is 5.32 Å². The van der Waals surface area contributed by atoms with E-state index < -0.39 is 0 Å². The lowest BCUT2D eigenvalue weighted by molar-refractivity contribution is -0.123. The van der Waals surface area contributed by atoms with E-state index in [1.54, 1.807) is 6.07 Å². The van der Waals surface area contributed by atoms with E-state index in [1.807, 2.05) is 57.2 Å². The number of para-hydroxylation sites is 1. The number of Topliss-reactive ketones (excluding diaryl/α,β-unsaturated/α-hetero) is 1. The SMILES string of the molecule is Cc1ccc(OCC(=O)N[C@H](C)c2cc3ccccc3o2)c2c1[C@H](C)CC2=O. The van der Waals surface area contributed by atoms with Gasteiger partial charge < -0.3 is 14.5 Å². The molecule has 3 aromatic rings. The molecule has 0 saturated carbocycles. The van der Waals surface area contributed by atoms with Crippen LogP contribution in [0, 0.1) is 6.92 Å². The van der Waals surface area contributed by atoms with Crippen LogP contribution in [0.1, 0.15) is 59.5 Å².